The molecule has 1 unspecified atom stereocenters. The van der Waals surface area contributed by atoms with Crippen molar-refractivity contribution >= 4 is 59.1 Å². The summed E-state index contributed by atoms with van der Waals surface area (Å²) in [5.74, 6) is -1.83. The molecule has 1 atom stereocenters. The molecule has 0 bridgehead atoms. The zero-order valence-electron chi connectivity index (χ0n) is 22.7. The van der Waals surface area contributed by atoms with E-state index in [1.165, 1.54) is 24.3 Å². The molecule has 2 N–H and O–H groups in total. The van der Waals surface area contributed by atoms with Crippen LogP contribution >= 0.6 is 23.2 Å². The lowest BCUT2D eigenvalue weighted by molar-refractivity contribution is 0.00578. The number of hydrogen-bond acceptors (Lipinski definition) is 4. The minimum Gasteiger partial charge on any atom is -0.399 e. The van der Waals surface area contributed by atoms with Crippen LogP contribution in [0, 0.1) is 11.6 Å². The van der Waals surface area contributed by atoms with Crippen molar-refractivity contribution in [3.8, 4) is 0 Å². The molecule has 3 aromatic rings. The lowest BCUT2D eigenvalue weighted by atomic mass is 9.73. The van der Waals surface area contributed by atoms with Crippen LogP contribution in [0.15, 0.2) is 42.5 Å². The van der Waals surface area contributed by atoms with Crippen LogP contribution in [-0.4, -0.2) is 36.8 Å². The summed E-state index contributed by atoms with van der Waals surface area (Å²) in [6.07, 6.45) is 0.506. The van der Waals surface area contributed by atoms with Gasteiger partial charge in [-0.3, -0.25) is 9.69 Å². The van der Waals surface area contributed by atoms with E-state index in [1.807, 2.05) is 27.7 Å². The Kier molecular flexibility index (Phi) is 6.61. The van der Waals surface area contributed by atoms with Crippen LogP contribution in [0.3, 0.4) is 0 Å². The molecule has 1 saturated heterocycles. The van der Waals surface area contributed by atoms with Crippen LogP contribution in [0.25, 0.3) is 0 Å². The van der Waals surface area contributed by atoms with E-state index in [1.54, 1.807) is 11.0 Å². The van der Waals surface area contributed by atoms with Crippen molar-refractivity contribution < 1.29 is 27.7 Å². The fourth-order valence-corrected chi connectivity index (χ4v) is 6.00. The molecule has 0 saturated carbocycles. The van der Waals surface area contributed by atoms with Crippen molar-refractivity contribution in [2.45, 2.75) is 51.4 Å². The van der Waals surface area contributed by atoms with Crippen LogP contribution in [0.4, 0.5) is 25.0 Å². The summed E-state index contributed by atoms with van der Waals surface area (Å²) in [5.41, 5.74) is 1.88. The van der Waals surface area contributed by atoms with Gasteiger partial charge in [-0.05, 0) is 87.6 Å². The normalized spacial score (nSPS) is 20.2. The second-order valence-corrected chi connectivity index (χ2v) is 12.2. The van der Waals surface area contributed by atoms with Gasteiger partial charge in [-0.2, -0.15) is 0 Å². The van der Waals surface area contributed by atoms with Crippen LogP contribution in [0.5, 0.6) is 0 Å². The molecule has 0 aromatic heterocycles. The van der Waals surface area contributed by atoms with E-state index in [9.17, 15) is 18.4 Å². The molecular weight excluding hydrogens is 574 g/mol. The Morgan fingerprint density at radius 2 is 1.76 bits per heavy atom. The van der Waals surface area contributed by atoms with Gasteiger partial charge in [0, 0.05) is 39.0 Å². The van der Waals surface area contributed by atoms with Crippen molar-refractivity contribution in [1.82, 2.24) is 5.32 Å². The number of rotatable bonds is 4. The van der Waals surface area contributed by atoms with Gasteiger partial charge in [0.2, 0.25) is 0 Å². The summed E-state index contributed by atoms with van der Waals surface area (Å²) in [4.78, 5) is 28.4. The molecule has 7 nitrogen and oxygen atoms in total. The Hall–Kier alpha value is -3.18. The van der Waals surface area contributed by atoms with Gasteiger partial charge >= 0.3 is 13.1 Å². The third-order valence-electron chi connectivity index (χ3n) is 8.29. The first-order valence-electron chi connectivity index (χ1n) is 13.1. The minimum absolute atomic E-state index is 0.00285. The fourth-order valence-electron chi connectivity index (χ4n) is 5.55. The van der Waals surface area contributed by atoms with Gasteiger partial charge in [-0.15, -0.1) is 0 Å². The molecule has 1 fully saturated rings. The maximum atomic E-state index is 14.4. The molecule has 3 amide bonds. The number of hydrogen-bond donors (Lipinski definition) is 2. The monoisotopic (exact) mass is 599 g/mol. The number of carbonyl (C=O) groups is 2. The van der Waals surface area contributed by atoms with E-state index in [0.29, 0.717) is 40.9 Å². The van der Waals surface area contributed by atoms with Crippen molar-refractivity contribution in [2.24, 2.45) is 0 Å². The standard InChI is InChI=1S/C29H26BCl2F2N3O4/c1-28(2)29(3,4)41-30(40-28)20-13-22(35-26(38)14-9-15(31)11-17(34)10-14)23-24(19-12-16(33)5-6-21(19)32)36-27(39)37-8-7-18(20)25(23)37/h5-6,9-13,24H,7-8H2,1-4H3,(H,35,38)(H,36,39). The Labute approximate surface area is 246 Å². The molecule has 3 heterocycles. The first-order valence-corrected chi connectivity index (χ1v) is 13.9. The maximum absolute atomic E-state index is 14.4. The molecule has 3 aromatic carbocycles. The van der Waals surface area contributed by atoms with E-state index < -0.39 is 41.9 Å². The van der Waals surface area contributed by atoms with Crippen molar-refractivity contribution in [2.75, 3.05) is 16.8 Å². The molecule has 0 spiro atoms. The zero-order chi connectivity index (χ0) is 29.4. The van der Waals surface area contributed by atoms with Gasteiger partial charge in [0.15, 0.2) is 0 Å². The molecule has 3 aliphatic rings. The van der Waals surface area contributed by atoms with Crippen molar-refractivity contribution in [1.29, 1.82) is 0 Å². The average molecular weight is 600 g/mol. The van der Waals surface area contributed by atoms with Crippen molar-refractivity contribution in [3.63, 3.8) is 0 Å². The highest BCUT2D eigenvalue weighted by Gasteiger charge is 2.53. The van der Waals surface area contributed by atoms with Gasteiger partial charge in [-0.25, -0.2) is 13.6 Å². The van der Waals surface area contributed by atoms with Crippen molar-refractivity contribution in [3.05, 3.63) is 86.4 Å². The van der Waals surface area contributed by atoms with Gasteiger partial charge in [0.05, 0.1) is 22.9 Å². The number of anilines is 2. The number of nitrogens with zero attached hydrogens (tertiary/aromatic N) is 1. The summed E-state index contributed by atoms with van der Waals surface area (Å²) in [6.45, 7) is 8.11. The molecule has 0 aliphatic carbocycles. The second-order valence-electron chi connectivity index (χ2n) is 11.4. The average Bonchev–Trinajstić information content (AvgIpc) is 3.41. The van der Waals surface area contributed by atoms with Crippen LogP contribution in [0.2, 0.25) is 10.0 Å². The van der Waals surface area contributed by atoms with Crippen LogP contribution in [-0.2, 0) is 15.7 Å². The Bertz CT molecular complexity index is 1600. The van der Waals surface area contributed by atoms with Crippen LogP contribution in [0.1, 0.15) is 60.8 Å². The summed E-state index contributed by atoms with van der Waals surface area (Å²) >= 11 is 12.5. The number of carbonyl (C=O) groups excluding carboxylic acids is 2. The topological polar surface area (TPSA) is 79.9 Å². The molecular formula is C29H26BCl2F2N3O4. The Morgan fingerprint density at radius 3 is 2.44 bits per heavy atom. The maximum Gasteiger partial charge on any atom is 0.495 e. The second kappa shape index (κ2) is 9.69. The number of halogens is 4. The minimum atomic E-state index is -0.896. The summed E-state index contributed by atoms with van der Waals surface area (Å²) in [7, 11) is -0.791. The summed E-state index contributed by atoms with van der Waals surface area (Å²) in [6, 6.07) is 7.88. The lowest BCUT2D eigenvalue weighted by Crippen LogP contribution is -2.47. The lowest BCUT2D eigenvalue weighted by Gasteiger charge is -2.35. The first kappa shape index (κ1) is 28.0. The molecule has 12 heteroatoms. The largest absolute Gasteiger partial charge is 0.495 e. The molecule has 212 valence electrons. The van der Waals surface area contributed by atoms with Gasteiger partial charge in [0.25, 0.3) is 5.91 Å². The summed E-state index contributed by atoms with van der Waals surface area (Å²) in [5, 5.41) is 6.10. The molecule has 0 radical (unpaired) electrons. The fraction of sp³-hybridized carbons (Fsp3) is 0.310. The quantitative estimate of drug-likeness (QED) is 0.361. The number of urea groups is 1. The third-order valence-corrected chi connectivity index (χ3v) is 8.85. The van der Waals surface area contributed by atoms with Crippen LogP contribution < -0.4 is 21.0 Å². The highest BCUT2D eigenvalue weighted by molar-refractivity contribution is 6.63. The molecule has 3 aliphatic heterocycles. The molecule has 6 rings (SSSR count). The van der Waals surface area contributed by atoms with E-state index in [4.69, 9.17) is 32.5 Å². The SMILES string of the molecule is CC1(C)OB(c2cc(NC(=O)c3cc(F)cc(Cl)c3)c3c4c2CCN4C(=O)NC3c2cc(F)ccc2Cl)OC1(C)C. The van der Waals surface area contributed by atoms with Gasteiger partial charge in [0.1, 0.15) is 11.6 Å². The zero-order valence-corrected chi connectivity index (χ0v) is 24.2. The first-order chi connectivity index (χ1) is 19.3. The summed E-state index contributed by atoms with van der Waals surface area (Å²) < 4.78 is 41.3. The van der Waals surface area contributed by atoms with E-state index in [0.717, 1.165) is 17.7 Å². The van der Waals surface area contributed by atoms with E-state index in [2.05, 4.69) is 10.6 Å². The van der Waals surface area contributed by atoms with Gasteiger partial charge in [-0.1, -0.05) is 23.2 Å². The van der Waals surface area contributed by atoms with E-state index in [-0.39, 0.29) is 21.6 Å². The predicted octanol–water partition coefficient (Wildman–Crippen LogP) is 6.00. The Morgan fingerprint density at radius 1 is 1.05 bits per heavy atom. The number of benzene rings is 3. The predicted molar refractivity (Wildman–Crippen MR) is 154 cm³/mol. The Balaban J connectivity index is 1.56. The highest BCUT2D eigenvalue weighted by atomic mass is 35.5. The van der Waals surface area contributed by atoms with E-state index >= 15 is 0 Å². The number of nitrogens with one attached hydrogen (secondary N) is 2. The third kappa shape index (κ3) is 4.67. The smallest absolute Gasteiger partial charge is 0.399 e. The molecule has 41 heavy (non-hydrogen) atoms. The number of amides is 3. The van der Waals surface area contributed by atoms with Gasteiger partial charge < -0.3 is 19.9 Å². The highest BCUT2D eigenvalue weighted by Crippen LogP contribution is 2.47.